The van der Waals surface area contributed by atoms with Crippen LogP contribution in [0.3, 0.4) is 0 Å². The van der Waals surface area contributed by atoms with Crippen LogP contribution >= 0.6 is 0 Å². The Bertz CT molecular complexity index is 582. The number of hydrogen-bond donors (Lipinski definition) is 1. The number of carbonyl (C=O) groups is 1. The highest BCUT2D eigenvalue weighted by molar-refractivity contribution is 5.81. The molecule has 3 rings (SSSR count). The zero-order chi connectivity index (χ0) is 13.2. The van der Waals surface area contributed by atoms with E-state index in [1.807, 2.05) is 23.1 Å². The van der Waals surface area contributed by atoms with E-state index in [-0.39, 0.29) is 5.91 Å². The van der Waals surface area contributed by atoms with Gasteiger partial charge < -0.3 is 9.88 Å². The van der Waals surface area contributed by atoms with Gasteiger partial charge in [0.05, 0.1) is 23.8 Å². The fourth-order valence-corrected chi connectivity index (χ4v) is 2.64. The normalized spacial score (nSPS) is 17.0. The largest absolute Gasteiger partial charge is 0.345 e. The van der Waals surface area contributed by atoms with Gasteiger partial charge in [-0.05, 0) is 36.5 Å². The second-order valence-corrected chi connectivity index (χ2v) is 5.49. The van der Waals surface area contributed by atoms with E-state index >= 15 is 0 Å². The number of likely N-dealkylation sites (tertiary alicyclic amines) is 1. The van der Waals surface area contributed by atoms with Crippen molar-refractivity contribution in [3.8, 4) is 0 Å². The first-order chi connectivity index (χ1) is 9.22. The maximum atomic E-state index is 12.2. The Kier molecular flexibility index (Phi) is 3.23. The van der Waals surface area contributed by atoms with Gasteiger partial charge in [-0.15, -0.1) is 0 Å². The minimum Gasteiger partial charge on any atom is -0.345 e. The third-order valence-corrected chi connectivity index (χ3v) is 3.98. The van der Waals surface area contributed by atoms with Crippen molar-refractivity contribution < 1.29 is 4.79 Å². The Balaban J connectivity index is 1.68. The van der Waals surface area contributed by atoms with Crippen LogP contribution in [0, 0.1) is 5.92 Å². The van der Waals surface area contributed by atoms with E-state index in [1.165, 1.54) is 0 Å². The van der Waals surface area contributed by atoms with Crippen LogP contribution in [0.15, 0.2) is 24.5 Å². The summed E-state index contributed by atoms with van der Waals surface area (Å²) in [5.74, 6) is 0.996. The second-order valence-electron chi connectivity index (χ2n) is 5.49. The molecular formula is C15H19N3O. The number of fused-ring (bicyclic) bond motifs is 1. The molecule has 2 aromatic rings. The number of nitrogens with one attached hydrogen (secondary N) is 1. The molecule has 1 N–H and O–H groups in total. The van der Waals surface area contributed by atoms with E-state index in [0.717, 1.165) is 48.4 Å². The van der Waals surface area contributed by atoms with Gasteiger partial charge in [-0.2, -0.15) is 0 Å². The number of hydrogen-bond acceptors (Lipinski definition) is 2. The van der Waals surface area contributed by atoms with E-state index in [4.69, 9.17) is 0 Å². The highest BCUT2D eigenvalue weighted by Gasteiger charge is 2.20. The van der Waals surface area contributed by atoms with Crippen molar-refractivity contribution in [2.24, 2.45) is 5.92 Å². The van der Waals surface area contributed by atoms with Gasteiger partial charge >= 0.3 is 0 Å². The number of benzene rings is 1. The Hall–Kier alpha value is -1.84. The molecule has 4 nitrogen and oxygen atoms in total. The average molecular weight is 257 g/mol. The SMILES string of the molecule is CC1CCN(C(=O)Cc2ccc3nc[nH]c3c2)CC1. The highest BCUT2D eigenvalue weighted by Crippen LogP contribution is 2.18. The van der Waals surface area contributed by atoms with Crippen LogP contribution in [0.1, 0.15) is 25.3 Å². The fraction of sp³-hybridized carbons (Fsp3) is 0.467. The Morgan fingerprint density at radius 3 is 3.00 bits per heavy atom. The van der Waals surface area contributed by atoms with Crippen LogP contribution in [0.5, 0.6) is 0 Å². The number of rotatable bonds is 2. The first kappa shape index (κ1) is 12.2. The van der Waals surface area contributed by atoms with Crippen LogP contribution in [-0.2, 0) is 11.2 Å². The maximum absolute atomic E-state index is 12.2. The van der Waals surface area contributed by atoms with Crippen LogP contribution in [0.25, 0.3) is 11.0 Å². The molecule has 1 fully saturated rings. The van der Waals surface area contributed by atoms with Gasteiger partial charge in [-0.3, -0.25) is 4.79 Å². The minimum absolute atomic E-state index is 0.241. The lowest BCUT2D eigenvalue weighted by Gasteiger charge is -2.30. The standard InChI is InChI=1S/C15H19N3O/c1-11-4-6-18(7-5-11)15(19)9-12-2-3-13-14(8-12)17-10-16-13/h2-3,8,10-11H,4-7,9H2,1H3,(H,16,17). The smallest absolute Gasteiger partial charge is 0.226 e. The molecule has 0 spiro atoms. The molecule has 2 heterocycles. The van der Waals surface area contributed by atoms with Gasteiger partial charge in [0.15, 0.2) is 0 Å². The predicted molar refractivity (Wildman–Crippen MR) is 74.8 cm³/mol. The van der Waals surface area contributed by atoms with Crippen molar-refractivity contribution in [2.75, 3.05) is 13.1 Å². The van der Waals surface area contributed by atoms with Crippen LogP contribution in [-0.4, -0.2) is 33.9 Å². The Morgan fingerprint density at radius 1 is 1.42 bits per heavy atom. The number of piperidine rings is 1. The van der Waals surface area contributed by atoms with Gasteiger partial charge in [-0.1, -0.05) is 13.0 Å². The average Bonchev–Trinajstić information content (AvgIpc) is 2.87. The van der Waals surface area contributed by atoms with Gasteiger partial charge in [-0.25, -0.2) is 4.98 Å². The van der Waals surface area contributed by atoms with Gasteiger partial charge in [0.2, 0.25) is 5.91 Å². The fourth-order valence-electron chi connectivity index (χ4n) is 2.64. The molecule has 100 valence electrons. The summed E-state index contributed by atoms with van der Waals surface area (Å²) in [6.45, 7) is 4.08. The van der Waals surface area contributed by atoms with Crippen molar-refractivity contribution in [1.82, 2.24) is 14.9 Å². The summed E-state index contributed by atoms with van der Waals surface area (Å²) >= 11 is 0. The molecule has 1 saturated heterocycles. The summed E-state index contributed by atoms with van der Waals surface area (Å²) in [7, 11) is 0. The molecule has 19 heavy (non-hydrogen) atoms. The molecule has 0 saturated carbocycles. The molecule has 1 aliphatic heterocycles. The monoisotopic (exact) mass is 257 g/mol. The molecule has 4 heteroatoms. The summed E-state index contributed by atoms with van der Waals surface area (Å²) in [4.78, 5) is 21.5. The summed E-state index contributed by atoms with van der Waals surface area (Å²) in [6, 6.07) is 5.98. The number of aromatic nitrogens is 2. The zero-order valence-electron chi connectivity index (χ0n) is 11.2. The number of H-pyrrole nitrogens is 1. The first-order valence-corrected chi connectivity index (χ1v) is 6.92. The van der Waals surface area contributed by atoms with Crippen molar-refractivity contribution in [2.45, 2.75) is 26.2 Å². The lowest BCUT2D eigenvalue weighted by molar-refractivity contribution is -0.131. The van der Waals surface area contributed by atoms with Crippen molar-refractivity contribution >= 4 is 16.9 Å². The molecule has 0 unspecified atom stereocenters. The van der Waals surface area contributed by atoms with Gasteiger partial charge in [0.1, 0.15) is 0 Å². The number of nitrogens with zero attached hydrogens (tertiary/aromatic N) is 2. The van der Waals surface area contributed by atoms with Crippen LogP contribution < -0.4 is 0 Å². The molecule has 1 aromatic carbocycles. The molecule has 0 radical (unpaired) electrons. The topological polar surface area (TPSA) is 49.0 Å². The van der Waals surface area contributed by atoms with Crippen LogP contribution in [0.4, 0.5) is 0 Å². The molecular weight excluding hydrogens is 238 g/mol. The van der Waals surface area contributed by atoms with E-state index in [0.29, 0.717) is 6.42 Å². The number of amides is 1. The third-order valence-electron chi connectivity index (χ3n) is 3.98. The van der Waals surface area contributed by atoms with Crippen molar-refractivity contribution in [3.63, 3.8) is 0 Å². The van der Waals surface area contributed by atoms with Crippen LogP contribution in [0.2, 0.25) is 0 Å². The summed E-state index contributed by atoms with van der Waals surface area (Å²) in [5.41, 5.74) is 3.00. The predicted octanol–water partition coefficient (Wildman–Crippen LogP) is 2.36. The van der Waals surface area contributed by atoms with Gasteiger partial charge in [0.25, 0.3) is 0 Å². The van der Waals surface area contributed by atoms with E-state index in [2.05, 4.69) is 16.9 Å². The Morgan fingerprint density at radius 2 is 2.21 bits per heavy atom. The molecule has 0 aliphatic carbocycles. The number of aromatic amines is 1. The highest BCUT2D eigenvalue weighted by atomic mass is 16.2. The quantitative estimate of drug-likeness (QED) is 0.898. The van der Waals surface area contributed by atoms with E-state index < -0.39 is 0 Å². The summed E-state index contributed by atoms with van der Waals surface area (Å²) in [5, 5.41) is 0. The molecule has 0 bridgehead atoms. The lowest BCUT2D eigenvalue weighted by atomic mass is 9.98. The second kappa shape index (κ2) is 5.03. The number of imidazole rings is 1. The zero-order valence-corrected chi connectivity index (χ0v) is 11.2. The lowest BCUT2D eigenvalue weighted by Crippen LogP contribution is -2.38. The van der Waals surface area contributed by atoms with E-state index in [9.17, 15) is 4.79 Å². The van der Waals surface area contributed by atoms with Crippen molar-refractivity contribution in [1.29, 1.82) is 0 Å². The molecule has 1 aliphatic rings. The molecule has 1 aromatic heterocycles. The maximum Gasteiger partial charge on any atom is 0.226 e. The summed E-state index contributed by atoms with van der Waals surface area (Å²) in [6.07, 6.45) is 4.43. The first-order valence-electron chi connectivity index (χ1n) is 6.92. The summed E-state index contributed by atoms with van der Waals surface area (Å²) < 4.78 is 0. The molecule has 1 amide bonds. The minimum atomic E-state index is 0.241. The third kappa shape index (κ3) is 2.62. The Labute approximate surface area is 112 Å². The van der Waals surface area contributed by atoms with E-state index in [1.54, 1.807) is 6.33 Å². The molecule has 0 atom stereocenters. The van der Waals surface area contributed by atoms with Gasteiger partial charge in [0, 0.05) is 13.1 Å². The number of carbonyl (C=O) groups excluding carboxylic acids is 1. The van der Waals surface area contributed by atoms with Crippen molar-refractivity contribution in [3.05, 3.63) is 30.1 Å².